The Morgan fingerprint density at radius 2 is 1.68 bits per heavy atom. The molecule has 2 aromatic carbocycles. The van der Waals surface area contributed by atoms with Gasteiger partial charge in [0.1, 0.15) is 0 Å². The highest BCUT2D eigenvalue weighted by molar-refractivity contribution is 7.98. The van der Waals surface area contributed by atoms with Crippen LogP contribution in [-0.2, 0) is 10.0 Å². The van der Waals surface area contributed by atoms with Crippen LogP contribution >= 0.6 is 11.8 Å². The molecule has 0 radical (unpaired) electrons. The third kappa shape index (κ3) is 4.33. The van der Waals surface area contributed by atoms with E-state index in [1.807, 2.05) is 25.3 Å². The van der Waals surface area contributed by atoms with Gasteiger partial charge in [0, 0.05) is 11.4 Å². The number of nitrogens with one attached hydrogen (secondary N) is 1. The summed E-state index contributed by atoms with van der Waals surface area (Å²) in [5.41, 5.74) is 1.68. The number of hydrogen-bond acceptors (Lipinski definition) is 4. The molecule has 22 heavy (non-hydrogen) atoms. The molecule has 4 nitrogen and oxygen atoms in total. The highest BCUT2D eigenvalue weighted by atomic mass is 32.2. The Kier molecular flexibility index (Phi) is 5.63. The maximum Gasteiger partial charge on any atom is 0.240 e. The molecule has 0 saturated heterocycles. The number of thioether (sulfide) groups is 1. The lowest BCUT2D eigenvalue weighted by Crippen LogP contribution is -2.28. The molecule has 118 valence electrons. The lowest BCUT2D eigenvalue weighted by atomic mass is 10.1. The first-order valence-corrected chi connectivity index (χ1v) is 9.51. The van der Waals surface area contributed by atoms with E-state index in [1.165, 1.54) is 0 Å². The van der Waals surface area contributed by atoms with Crippen LogP contribution in [0.15, 0.2) is 58.3 Å². The van der Waals surface area contributed by atoms with Crippen LogP contribution in [0.3, 0.4) is 0 Å². The molecule has 0 aliphatic rings. The summed E-state index contributed by atoms with van der Waals surface area (Å²) in [4.78, 5) is 1.29. The first-order valence-electron chi connectivity index (χ1n) is 6.81. The molecule has 2 N–H and O–H groups in total. The second kappa shape index (κ2) is 7.28. The van der Waals surface area contributed by atoms with E-state index in [-0.39, 0.29) is 11.4 Å². The fraction of sp³-hybridized carbons (Fsp3) is 0.250. The molecule has 2 aromatic rings. The average molecular weight is 337 g/mol. The minimum absolute atomic E-state index is 0.0607. The van der Waals surface area contributed by atoms with Crippen molar-refractivity contribution in [2.24, 2.45) is 0 Å². The first kappa shape index (κ1) is 17.0. The SMILES string of the molecule is CSc1ccc(C(O)CNS(=O)(=O)c2ccc(C)cc2)cc1. The highest BCUT2D eigenvalue weighted by Gasteiger charge is 2.16. The van der Waals surface area contributed by atoms with E-state index in [0.717, 1.165) is 10.5 Å². The molecule has 0 bridgehead atoms. The number of hydrogen-bond donors (Lipinski definition) is 2. The smallest absolute Gasteiger partial charge is 0.240 e. The summed E-state index contributed by atoms with van der Waals surface area (Å²) in [6, 6.07) is 14.0. The van der Waals surface area contributed by atoms with Crippen molar-refractivity contribution < 1.29 is 13.5 Å². The Bertz CT molecular complexity index is 710. The van der Waals surface area contributed by atoms with Crippen molar-refractivity contribution in [2.45, 2.75) is 22.8 Å². The molecule has 6 heteroatoms. The number of rotatable bonds is 6. The third-order valence-corrected chi connectivity index (χ3v) is 5.48. The van der Waals surface area contributed by atoms with Crippen LogP contribution in [0.5, 0.6) is 0 Å². The van der Waals surface area contributed by atoms with Crippen LogP contribution in [0.2, 0.25) is 0 Å². The summed E-state index contributed by atoms with van der Waals surface area (Å²) in [5.74, 6) is 0. The summed E-state index contributed by atoms with van der Waals surface area (Å²) < 4.78 is 26.7. The van der Waals surface area contributed by atoms with E-state index < -0.39 is 16.1 Å². The normalized spacial score (nSPS) is 13.0. The van der Waals surface area contributed by atoms with Gasteiger partial charge in [0.25, 0.3) is 0 Å². The summed E-state index contributed by atoms with van der Waals surface area (Å²) in [6.07, 6.45) is 1.09. The third-order valence-electron chi connectivity index (χ3n) is 3.30. The number of benzene rings is 2. The van der Waals surface area contributed by atoms with Gasteiger partial charge in [0.15, 0.2) is 0 Å². The fourth-order valence-electron chi connectivity index (χ4n) is 1.93. The number of sulfonamides is 1. The lowest BCUT2D eigenvalue weighted by molar-refractivity contribution is 0.182. The number of aliphatic hydroxyl groups is 1. The van der Waals surface area contributed by atoms with Gasteiger partial charge in [-0.05, 0) is 43.0 Å². The molecule has 1 atom stereocenters. The molecule has 0 spiro atoms. The van der Waals surface area contributed by atoms with Gasteiger partial charge in [-0.25, -0.2) is 13.1 Å². The molecule has 0 saturated carbocycles. The maximum absolute atomic E-state index is 12.2. The average Bonchev–Trinajstić information content (AvgIpc) is 2.53. The van der Waals surface area contributed by atoms with E-state index in [2.05, 4.69) is 4.72 Å². The second-order valence-electron chi connectivity index (χ2n) is 4.95. The van der Waals surface area contributed by atoms with Gasteiger partial charge in [0.05, 0.1) is 11.0 Å². The summed E-state index contributed by atoms with van der Waals surface area (Å²) in [6.45, 7) is 1.83. The van der Waals surface area contributed by atoms with Gasteiger partial charge >= 0.3 is 0 Å². The summed E-state index contributed by atoms with van der Waals surface area (Å²) in [7, 11) is -3.61. The Labute approximate surface area is 135 Å². The Hall–Kier alpha value is -1.34. The Morgan fingerprint density at radius 3 is 2.23 bits per heavy atom. The second-order valence-corrected chi connectivity index (χ2v) is 7.60. The quantitative estimate of drug-likeness (QED) is 0.796. The Balaban J connectivity index is 2.02. The first-order chi connectivity index (χ1) is 10.4. The van der Waals surface area contributed by atoms with Crippen molar-refractivity contribution in [3.8, 4) is 0 Å². The van der Waals surface area contributed by atoms with Crippen LogP contribution in [-0.4, -0.2) is 26.3 Å². The predicted molar refractivity (Wildman–Crippen MR) is 89.6 cm³/mol. The molecule has 0 aliphatic carbocycles. The van der Waals surface area contributed by atoms with Gasteiger partial charge in [-0.3, -0.25) is 0 Å². The largest absolute Gasteiger partial charge is 0.387 e. The van der Waals surface area contributed by atoms with Crippen LogP contribution in [0.25, 0.3) is 0 Å². The summed E-state index contributed by atoms with van der Waals surface area (Å²) in [5, 5.41) is 10.1. The minimum Gasteiger partial charge on any atom is -0.387 e. The Morgan fingerprint density at radius 1 is 1.09 bits per heavy atom. The van der Waals surface area contributed by atoms with E-state index >= 15 is 0 Å². The molecule has 2 rings (SSSR count). The standard InChI is InChI=1S/C16H19NO3S2/c1-12-3-9-15(10-4-12)22(19,20)17-11-16(18)13-5-7-14(21-2)8-6-13/h3-10,16-18H,11H2,1-2H3. The molecule has 1 unspecified atom stereocenters. The van der Waals surface area contributed by atoms with Crippen LogP contribution in [0, 0.1) is 6.92 Å². The van der Waals surface area contributed by atoms with Crippen molar-refractivity contribution in [1.82, 2.24) is 4.72 Å². The van der Waals surface area contributed by atoms with E-state index in [4.69, 9.17) is 0 Å². The van der Waals surface area contributed by atoms with Crippen LogP contribution < -0.4 is 4.72 Å². The van der Waals surface area contributed by atoms with E-state index in [1.54, 1.807) is 48.2 Å². The highest BCUT2D eigenvalue weighted by Crippen LogP contribution is 2.19. The monoisotopic (exact) mass is 337 g/mol. The molecule has 0 fully saturated rings. The molecular formula is C16H19NO3S2. The van der Waals surface area contributed by atoms with Gasteiger partial charge in [0.2, 0.25) is 10.0 Å². The van der Waals surface area contributed by atoms with E-state index in [9.17, 15) is 13.5 Å². The van der Waals surface area contributed by atoms with Crippen molar-refractivity contribution in [3.05, 3.63) is 59.7 Å². The maximum atomic E-state index is 12.2. The minimum atomic E-state index is -3.61. The molecule has 0 aliphatic heterocycles. The van der Waals surface area contributed by atoms with Crippen LogP contribution in [0.1, 0.15) is 17.2 Å². The van der Waals surface area contributed by atoms with Crippen molar-refractivity contribution in [2.75, 3.05) is 12.8 Å². The zero-order chi connectivity index (χ0) is 16.2. The predicted octanol–water partition coefficient (Wildman–Crippen LogP) is 2.73. The van der Waals surface area contributed by atoms with Gasteiger partial charge < -0.3 is 5.11 Å². The molecule has 0 amide bonds. The van der Waals surface area contributed by atoms with E-state index in [0.29, 0.717) is 5.56 Å². The zero-order valence-corrected chi connectivity index (χ0v) is 14.1. The number of aryl methyl sites for hydroxylation is 1. The van der Waals surface area contributed by atoms with Crippen molar-refractivity contribution in [3.63, 3.8) is 0 Å². The van der Waals surface area contributed by atoms with Crippen LogP contribution in [0.4, 0.5) is 0 Å². The topological polar surface area (TPSA) is 66.4 Å². The fourth-order valence-corrected chi connectivity index (χ4v) is 3.38. The lowest BCUT2D eigenvalue weighted by Gasteiger charge is -2.13. The van der Waals surface area contributed by atoms with Gasteiger partial charge in [-0.2, -0.15) is 0 Å². The molecular weight excluding hydrogens is 318 g/mol. The van der Waals surface area contributed by atoms with Crippen molar-refractivity contribution >= 4 is 21.8 Å². The number of aliphatic hydroxyl groups excluding tert-OH is 1. The van der Waals surface area contributed by atoms with Crippen molar-refractivity contribution in [1.29, 1.82) is 0 Å². The zero-order valence-electron chi connectivity index (χ0n) is 12.5. The summed E-state index contributed by atoms with van der Waals surface area (Å²) >= 11 is 1.61. The van der Waals surface area contributed by atoms with Gasteiger partial charge in [-0.1, -0.05) is 29.8 Å². The van der Waals surface area contributed by atoms with Gasteiger partial charge in [-0.15, -0.1) is 11.8 Å². The molecule has 0 heterocycles. The molecule has 0 aromatic heterocycles.